The van der Waals surface area contributed by atoms with Crippen LogP contribution in [0.2, 0.25) is 0 Å². The van der Waals surface area contributed by atoms with E-state index in [0.717, 1.165) is 30.6 Å². The molecule has 1 fully saturated rings. The van der Waals surface area contributed by atoms with Gasteiger partial charge in [-0.1, -0.05) is 6.07 Å². The number of carboxylic acid groups (broad SMARTS) is 1. The van der Waals surface area contributed by atoms with E-state index >= 15 is 0 Å². The van der Waals surface area contributed by atoms with E-state index in [2.05, 4.69) is 4.90 Å². The molecule has 1 aromatic rings. The summed E-state index contributed by atoms with van der Waals surface area (Å²) in [5.41, 5.74) is 1.52. The zero-order valence-electron chi connectivity index (χ0n) is 11.5. The lowest BCUT2D eigenvalue weighted by atomic mass is 9.98. The van der Waals surface area contributed by atoms with E-state index in [1.165, 1.54) is 0 Å². The number of rotatable bonds is 2. The first kappa shape index (κ1) is 13.9. The normalized spacial score (nSPS) is 24.1. The molecule has 19 heavy (non-hydrogen) atoms. The maximum Gasteiger partial charge on any atom is 0.337 e. The second-order valence-electron chi connectivity index (χ2n) is 5.66. The summed E-state index contributed by atoms with van der Waals surface area (Å²) in [6.07, 6.45) is 2.30. The van der Waals surface area contributed by atoms with Gasteiger partial charge >= 0.3 is 5.97 Å². The van der Waals surface area contributed by atoms with Crippen LogP contribution in [0.25, 0.3) is 0 Å². The van der Waals surface area contributed by atoms with Gasteiger partial charge in [-0.25, -0.2) is 4.79 Å². The smallest absolute Gasteiger partial charge is 0.337 e. The van der Waals surface area contributed by atoms with Crippen LogP contribution < -0.4 is 4.90 Å². The SMILES string of the molecule is Cc1ccc(C(=O)O)c(N2CCCC(C)(O)CC2)c1. The zero-order chi connectivity index (χ0) is 14.0. The van der Waals surface area contributed by atoms with Gasteiger partial charge in [0.1, 0.15) is 0 Å². The van der Waals surface area contributed by atoms with E-state index in [1.807, 2.05) is 26.0 Å². The Morgan fingerprint density at radius 3 is 2.74 bits per heavy atom. The van der Waals surface area contributed by atoms with Gasteiger partial charge in [0.25, 0.3) is 0 Å². The van der Waals surface area contributed by atoms with Crippen LogP contribution in [0.15, 0.2) is 18.2 Å². The van der Waals surface area contributed by atoms with Crippen LogP contribution in [0.5, 0.6) is 0 Å². The highest BCUT2D eigenvalue weighted by molar-refractivity contribution is 5.94. The molecule has 1 unspecified atom stereocenters. The first-order chi connectivity index (χ1) is 8.89. The van der Waals surface area contributed by atoms with Crippen molar-refractivity contribution in [3.63, 3.8) is 0 Å². The largest absolute Gasteiger partial charge is 0.478 e. The second kappa shape index (κ2) is 5.21. The molecule has 1 aromatic carbocycles. The van der Waals surface area contributed by atoms with Crippen LogP contribution in [0.1, 0.15) is 42.1 Å². The molecular weight excluding hydrogens is 242 g/mol. The maximum absolute atomic E-state index is 11.3. The van der Waals surface area contributed by atoms with Gasteiger partial charge in [0, 0.05) is 13.1 Å². The average molecular weight is 263 g/mol. The molecule has 0 radical (unpaired) electrons. The van der Waals surface area contributed by atoms with Crippen molar-refractivity contribution in [2.75, 3.05) is 18.0 Å². The highest BCUT2D eigenvalue weighted by Gasteiger charge is 2.26. The summed E-state index contributed by atoms with van der Waals surface area (Å²) in [7, 11) is 0. The number of hydrogen-bond acceptors (Lipinski definition) is 3. The molecule has 0 aliphatic carbocycles. The van der Waals surface area contributed by atoms with Gasteiger partial charge in [0.2, 0.25) is 0 Å². The fraction of sp³-hybridized carbons (Fsp3) is 0.533. The van der Waals surface area contributed by atoms with Crippen molar-refractivity contribution in [2.24, 2.45) is 0 Å². The summed E-state index contributed by atoms with van der Waals surface area (Å²) < 4.78 is 0. The number of anilines is 1. The molecule has 0 amide bonds. The van der Waals surface area contributed by atoms with Crippen LogP contribution in [-0.4, -0.2) is 34.9 Å². The van der Waals surface area contributed by atoms with Crippen molar-refractivity contribution in [3.8, 4) is 0 Å². The number of hydrogen-bond donors (Lipinski definition) is 2. The fourth-order valence-electron chi connectivity index (χ4n) is 2.59. The highest BCUT2D eigenvalue weighted by atomic mass is 16.4. The van der Waals surface area contributed by atoms with E-state index in [1.54, 1.807) is 6.07 Å². The van der Waals surface area contributed by atoms with Gasteiger partial charge < -0.3 is 15.1 Å². The van der Waals surface area contributed by atoms with Crippen molar-refractivity contribution in [2.45, 2.75) is 38.7 Å². The minimum Gasteiger partial charge on any atom is -0.478 e. The molecule has 4 heteroatoms. The third kappa shape index (κ3) is 3.26. The van der Waals surface area contributed by atoms with Crippen LogP contribution in [0, 0.1) is 6.92 Å². The Morgan fingerprint density at radius 2 is 2.05 bits per heavy atom. The third-order valence-corrected chi connectivity index (χ3v) is 3.79. The lowest BCUT2D eigenvalue weighted by Crippen LogP contribution is -2.29. The molecule has 0 bridgehead atoms. The molecule has 1 saturated heterocycles. The monoisotopic (exact) mass is 263 g/mol. The van der Waals surface area contributed by atoms with E-state index in [9.17, 15) is 15.0 Å². The van der Waals surface area contributed by atoms with Crippen LogP contribution in [-0.2, 0) is 0 Å². The number of benzene rings is 1. The maximum atomic E-state index is 11.3. The van der Waals surface area contributed by atoms with Crippen LogP contribution in [0.3, 0.4) is 0 Å². The lowest BCUT2D eigenvalue weighted by Gasteiger charge is -2.26. The molecule has 0 aromatic heterocycles. The molecule has 4 nitrogen and oxygen atoms in total. The molecule has 0 saturated carbocycles. The van der Waals surface area contributed by atoms with Crippen molar-refractivity contribution >= 4 is 11.7 Å². The molecule has 1 aliphatic rings. The third-order valence-electron chi connectivity index (χ3n) is 3.79. The van der Waals surface area contributed by atoms with E-state index in [0.29, 0.717) is 18.5 Å². The second-order valence-corrected chi connectivity index (χ2v) is 5.66. The number of carbonyl (C=O) groups is 1. The predicted molar refractivity (Wildman–Crippen MR) is 74.8 cm³/mol. The lowest BCUT2D eigenvalue weighted by molar-refractivity contribution is 0.0481. The first-order valence-corrected chi connectivity index (χ1v) is 6.70. The van der Waals surface area contributed by atoms with Crippen molar-refractivity contribution < 1.29 is 15.0 Å². The number of nitrogens with zero attached hydrogens (tertiary/aromatic N) is 1. The molecule has 0 spiro atoms. The summed E-state index contributed by atoms with van der Waals surface area (Å²) in [4.78, 5) is 13.4. The van der Waals surface area contributed by atoms with Gasteiger partial charge in [-0.05, 0) is 50.8 Å². The quantitative estimate of drug-likeness (QED) is 0.860. The average Bonchev–Trinajstić information content (AvgIpc) is 2.49. The zero-order valence-corrected chi connectivity index (χ0v) is 11.5. The molecule has 2 rings (SSSR count). The Bertz CT molecular complexity index is 482. The Labute approximate surface area is 113 Å². The molecule has 1 aliphatic heterocycles. The Morgan fingerprint density at radius 1 is 1.32 bits per heavy atom. The summed E-state index contributed by atoms with van der Waals surface area (Å²) in [6.45, 7) is 5.30. The van der Waals surface area contributed by atoms with E-state index in [4.69, 9.17) is 0 Å². The van der Waals surface area contributed by atoms with Gasteiger partial charge in [0.05, 0.1) is 16.9 Å². The fourth-order valence-corrected chi connectivity index (χ4v) is 2.59. The number of carboxylic acids is 1. The Balaban J connectivity index is 2.30. The van der Waals surface area contributed by atoms with Gasteiger partial charge in [-0.2, -0.15) is 0 Å². The highest BCUT2D eigenvalue weighted by Crippen LogP contribution is 2.28. The summed E-state index contributed by atoms with van der Waals surface area (Å²) in [5.74, 6) is -0.897. The predicted octanol–water partition coefficient (Wildman–Crippen LogP) is 2.43. The summed E-state index contributed by atoms with van der Waals surface area (Å²) in [6, 6.07) is 5.40. The Hall–Kier alpha value is -1.55. The topological polar surface area (TPSA) is 60.8 Å². The molecule has 1 atom stereocenters. The summed E-state index contributed by atoms with van der Waals surface area (Å²) in [5, 5.41) is 19.4. The Kier molecular flexibility index (Phi) is 3.80. The molecular formula is C15H21NO3. The summed E-state index contributed by atoms with van der Waals surface area (Å²) >= 11 is 0. The minimum absolute atomic E-state index is 0.340. The van der Waals surface area contributed by atoms with Crippen molar-refractivity contribution in [1.29, 1.82) is 0 Å². The van der Waals surface area contributed by atoms with Gasteiger partial charge in [0.15, 0.2) is 0 Å². The number of aliphatic hydroxyl groups is 1. The number of aromatic carboxylic acids is 1. The first-order valence-electron chi connectivity index (χ1n) is 6.70. The van der Waals surface area contributed by atoms with Gasteiger partial charge in [-0.3, -0.25) is 0 Å². The van der Waals surface area contributed by atoms with Crippen molar-refractivity contribution in [3.05, 3.63) is 29.3 Å². The van der Waals surface area contributed by atoms with E-state index < -0.39 is 11.6 Å². The van der Waals surface area contributed by atoms with E-state index in [-0.39, 0.29) is 0 Å². The number of aryl methyl sites for hydroxylation is 1. The minimum atomic E-state index is -0.897. The standard InChI is InChI=1S/C15H21NO3/c1-11-4-5-12(14(17)18)13(10-11)16-8-3-6-15(2,19)7-9-16/h4-5,10,19H,3,6-9H2,1-2H3,(H,17,18). The van der Waals surface area contributed by atoms with Crippen LogP contribution in [0.4, 0.5) is 5.69 Å². The van der Waals surface area contributed by atoms with Crippen LogP contribution >= 0.6 is 0 Å². The van der Waals surface area contributed by atoms with Gasteiger partial charge in [-0.15, -0.1) is 0 Å². The van der Waals surface area contributed by atoms with Crippen molar-refractivity contribution in [1.82, 2.24) is 0 Å². The molecule has 104 valence electrons. The molecule has 1 heterocycles. The molecule has 2 N–H and O–H groups in total.